The van der Waals surface area contributed by atoms with E-state index < -0.39 is 12.1 Å². The molecular formula is C16H21NO4S. The van der Waals surface area contributed by atoms with Crippen LogP contribution in [-0.4, -0.2) is 24.2 Å². The second kappa shape index (κ2) is 7.58. The number of aryl methyl sites for hydroxylation is 1. The predicted molar refractivity (Wildman–Crippen MR) is 85.0 cm³/mol. The summed E-state index contributed by atoms with van der Waals surface area (Å²) in [6.45, 7) is 4.24. The quantitative estimate of drug-likeness (QED) is 0.766. The van der Waals surface area contributed by atoms with Gasteiger partial charge < -0.3 is 19.6 Å². The zero-order chi connectivity index (χ0) is 16.1. The molecule has 2 heterocycles. The van der Waals surface area contributed by atoms with Gasteiger partial charge in [-0.3, -0.25) is 0 Å². The van der Waals surface area contributed by atoms with Crippen LogP contribution < -0.4 is 5.32 Å². The lowest BCUT2D eigenvalue weighted by Gasteiger charge is -2.16. The van der Waals surface area contributed by atoms with E-state index in [1.807, 2.05) is 24.4 Å². The Hall–Kier alpha value is -1.63. The average Bonchev–Trinajstić information content (AvgIpc) is 3.14. The number of nitrogens with one attached hydrogen (secondary N) is 1. The van der Waals surface area contributed by atoms with Crippen LogP contribution in [0.25, 0.3) is 0 Å². The van der Waals surface area contributed by atoms with Gasteiger partial charge in [0.2, 0.25) is 0 Å². The van der Waals surface area contributed by atoms with Crippen molar-refractivity contribution in [1.82, 2.24) is 5.32 Å². The Morgan fingerprint density at radius 1 is 1.55 bits per heavy atom. The first-order valence-corrected chi connectivity index (χ1v) is 8.01. The molecule has 6 heteroatoms. The molecule has 0 aliphatic carbocycles. The highest BCUT2D eigenvalue weighted by Gasteiger charge is 2.17. The largest absolute Gasteiger partial charge is 0.465 e. The number of thiophene rings is 1. The summed E-state index contributed by atoms with van der Waals surface area (Å²) < 4.78 is 10.2. The Bertz CT molecular complexity index is 606. The number of carbonyl (C=O) groups excluding carboxylic acids is 1. The number of aliphatic hydroxyl groups excluding tert-OH is 1. The number of esters is 1. The van der Waals surface area contributed by atoms with Crippen LogP contribution in [0.1, 0.15) is 46.2 Å². The third-order valence-corrected chi connectivity index (χ3v) is 4.42. The molecule has 0 aromatic carbocycles. The van der Waals surface area contributed by atoms with Gasteiger partial charge in [-0.05, 0) is 37.8 Å². The van der Waals surface area contributed by atoms with E-state index >= 15 is 0 Å². The van der Waals surface area contributed by atoms with Crippen molar-refractivity contribution in [2.75, 3.05) is 7.11 Å². The molecule has 2 N–H and O–H groups in total. The lowest BCUT2D eigenvalue weighted by atomic mass is 10.1. The normalized spacial score (nSPS) is 13.8. The van der Waals surface area contributed by atoms with Gasteiger partial charge in [0.15, 0.2) is 0 Å². The molecule has 0 fully saturated rings. The van der Waals surface area contributed by atoms with Crippen molar-refractivity contribution in [3.63, 3.8) is 0 Å². The van der Waals surface area contributed by atoms with Crippen LogP contribution in [0.2, 0.25) is 0 Å². The van der Waals surface area contributed by atoms with E-state index in [0.29, 0.717) is 30.0 Å². The zero-order valence-corrected chi connectivity index (χ0v) is 13.8. The second-order valence-electron chi connectivity index (χ2n) is 5.22. The zero-order valence-electron chi connectivity index (χ0n) is 13.0. The molecular weight excluding hydrogens is 302 g/mol. The van der Waals surface area contributed by atoms with Gasteiger partial charge in [-0.1, -0.05) is 6.07 Å². The molecule has 2 unspecified atom stereocenters. The molecule has 0 saturated heterocycles. The Kier molecular flexibility index (Phi) is 5.76. The molecule has 0 aliphatic heterocycles. The number of furan rings is 1. The van der Waals surface area contributed by atoms with Crippen LogP contribution in [0, 0.1) is 6.92 Å². The fraction of sp³-hybridized carbons (Fsp3) is 0.438. The lowest BCUT2D eigenvalue weighted by Crippen LogP contribution is -2.27. The molecule has 2 atom stereocenters. The van der Waals surface area contributed by atoms with Crippen LogP contribution in [0.3, 0.4) is 0 Å². The molecule has 0 spiro atoms. The monoisotopic (exact) mass is 323 g/mol. The topological polar surface area (TPSA) is 71.7 Å². The van der Waals surface area contributed by atoms with E-state index in [-0.39, 0.29) is 6.04 Å². The van der Waals surface area contributed by atoms with Crippen molar-refractivity contribution >= 4 is 17.3 Å². The Balaban J connectivity index is 1.86. The molecule has 2 aromatic rings. The molecule has 5 nitrogen and oxygen atoms in total. The Labute approximate surface area is 133 Å². The van der Waals surface area contributed by atoms with Gasteiger partial charge in [0.25, 0.3) is 0 Å². The summed E-state index contributed by atoms with van der Waals surface area (Å²) in [6, 6.07) is 5.67. The summed E-state index contributed by atoms with van der Waals surface area (Å²) in [4.78, 5) is 12.5. The fourth-order valence-electron chi connectivity index (χ4n) is 2.23. The van der Waals surface area contributed by atoms with Crippen molar-refractivity contribution < 1.29 is 19.1 Å². The summed E-state index contributed by atoms with van der Waals surface area (Å²) in [7, 11) is 1.35. The standard InChI is InChI=1S/C16H21NO4S/c1-10(7-14(18)15-5-4-6-22-15)17-9-12-8-13(11(2)21-12)16(19)20-3/h4-6,8,10,14,17-18H,7,9H2,1-3H3. The molecule has 2 aromatic heterocycles. The highest BCUT2D eigenvalue weighted by molar-refractivity contribution is 7.10. The number of ether oxygens (including phenoxy) is 1. The maximum Gasteiger partial charge on any atom is 0.341 e. The third kappa shape index (κ3) is 4.19. The van der Waals surface area contributed by atoms with Crippen molar-refractivity contribution in [2.24, 2.45) is 0 Å². The number of carbonyl (C=O) groups is 1. The van der Waals surface area contributed by atoms with Gasteiger partial charge in [0.05, 0.1) is 19.8 Å². The van der Waals surface area contributed by atoms with Gasteiger partial charge in [-0.2, -0.15) is 0 Å². The van der Waals surface area contributed by atoms with Crippen molar-refractivity contribution in [3.05, 3.63) is 45.5 Å². The van der Waals surface area contributed by atoms with Crippen LogP contribution in [-0.2, 0) is 11.3 Å². The first-order chi connectivity index (χ1) is 10.5. The van der Waals surface area contributed by atoms with Crippen LogP contribution in [0.15, 0.2) is 28.0 Å². The molecule has 0 bridgehead atoms. The molecule has 0 aliphatic rings. The SMILES string of the molecule is COC(=O)c1cc(CNC(C)CC(O)c2cccs2)oc1C. The minimum atomic E-state index is -0.466. The summed E-state index contributed by atoms with van der Waals surface area (Å²) in [5, 5.41) is 15.4. The number of methoxy groups -OCH3 is 1. The summed E-state index contributed by atoms with van der Waals surface area (Å²) in [5.74, 6) is 0.832. The number of hydrogen-bond acceptors (Lipinski definition) is 6. The minimum absolute atomic E-state index is 0.115. The molecule has 120 valence electrons. The third-order valence-electron chi connectivity index (χ3n) is 3.45. The maximum absolute atomic E-state index is 11.5. The second-order valence-corrected chi connectivity index (χ2v) is 6.20. The molecule has 0 saturated carbocycles. The van der Waals surface area contributed by atoms with Crippen LogP contribution in [0.4, 0.5) is 0 Å². The van der Waals surface area contributed by atoms with E-state index in [4.69, 9.17) is 9.15 Å². The molecule has 2 rings (SSSR count). The van der Waals surface area contributed by atoms with E-state index in [2.05, 4.69) is 5.32 Å². The number of aliphatic hydroxyl groups is 1. The summed E-state index contributed by atoms with van der Waals surface area (Å²) in [6.07, 6.45) is 0.149. The average molecular weight is 323 g/mol. The van der Waals surface area contributed by atoms with Gasteiger partial charge in [-0.25, -0.2) is 4.79 Å². The van der Waals surface area contributed by atoms with E-state index in [0.717, 1.165) is 4.88 Å². The van der Waals surface area contributed by atoms with Gasteiger partial charge >= 0.3 is 5.97 Å². The van der Waals surface area contributed by atoms with Crippen molar-refractivity contribution in [3.8, 4) is 0 Å². The highest BCUT2D eigenvalue weighted by Crippen LogP contribution is 2.23. The van der Waals surface area contributed by atoms with Gasteiger partial charge in [-0.15, -0.1) is 11.3 Å². The van der Waals surface area contributed by atoms with E-state index in [9.17, 15) is 9.90 Å². The number of rotatable bonds is 7. The van der Waals surface area contributed by atoms with E-state index in [1.54, 1.807) is 24.3 Å². The van der Waals surface area contributed by atoms with Crippen molar-refractivity contribution in [2.45, 2.75) is 39.0 Å². The van der Waals surface area contributed by atoms with E-state index in [1.165, 1.54) is 7.11 Å². The Morgan fingerprint density at radius 3 is 2.95 bits per heavy atom. The number of hydrogen-bond donors (Lipinski definition) is 2. The van der Waals surface area contributed by atoms with Crippen LogP contribution in [0.5, 0.6) is 0 Å². The van der Waals surface area contributed by atoms with Crippen molar-refractivity contribution in [1.29, 1.82) is 0 Å². The fourth-order valence-corrected chi connectivity index (χ4v) is 2.96. The molecule has 22 heavy (non-hydrogen) atoms. The summed E-state index contributed by atoms with van der Waals surface area (Å²) >= 11 is 1.55. The van der Waals surface area contributed by atoms with Gasteiger partial charge in [0.1, 0.15) is 17.1 Å². The smallest absolute Gasteiger partial charge is 0.341 e. The summed E-state index contributed by atoms with van der Waals surface area (Å²) in [5.41, 5.74) is 0.450. The predicted octanol–water partition coefficient (Wildman–Crippen LogP) is 3.04. The highest BCUT2D eigenvalue weighted by atomic mass is 32.1. The Morgan fingerprint density at radius 2 is 2.32 bits per heavy atom. The molecule has 0 amide bonds. The van der Waals surface area contributed by atoms with Gasteiger partial charge in [0, 0.05) is 10.9 Å². The first kappa shape index (κ1) is 16.7. The van der Waals surface area contributed by atoms with Crippen LogP contribution >= 0.6 is 11.3 Å². The lowest BCUT2D eigenvalue weighted by molar-refractivity contribution is 0.0599. The maximum atomic E-state index is 11.5. The molecule has 0 radical (unpaired) electrons. The first-order valence-electron chi connectivity index (χ1n) is 7.13. The minimum Gasteiger partial charge on any atom is -0.465 e.